The Morgan fingerprint density at radius 3 is 1.05 bits per heavy atom. The average Bonchev–Trinajstić information content (AvgIpc) is 3.31. The third-order valence-electron chi connectivity index (χ3n) is 12.3. The van der Waals surface area contributed by atoms with E-state index in [1.807, 2.05) is 0 Å². The molecule has 0 saturated carbocycles. The molecule has 59 heavy (non-hydrogen) atoms. The summed E-state index contributed by atoms with van der Waals surface area (Å²) < 4.78 is 0. The van der Waals surface area contributed by atoms with Gasteiger partial charge in [-0.2, -0.15) is 0 Å². The fraction of sp³-hybridized carbons (Fsp3) is 0. The van der Waals surface area contributed by atoms with Crippen LogP contribution >= 0.6 is 0 Å². The van der Waals surface area contributed by atoms with Crippen LogP contribution in [-0.2, 0) is 0 Å². The molecule has 1 heteroatoms. The second-order valence-corrected chi connectivity index (χ2v) is 15.7. The Balaban J connectivity index is 0.948. The first kappa shape index (κ1) is 33.4. The van der Waals surface area contributed by atoms with Crippen molar-refractivity contribution in [2.24, 2.45) is 0 Å². The Morgan fingerprint density at radius 1 is 0.203 bits per heavy atom. The van der Waals surface area contributed by atoms with E-state index < -0.39 is 0 Å². The van der Waals surface area contributed by atoms with Crippen molar-refractivity contribution < 1.29 is 0 Å². The molecule has 0 heterocycles. The highest BCUT2D eigenvalue weighted by Crippen LogP contribution is 2.45. The van der Waals surface area contributed by atoms with Crippen molar-refractivity contribution in [1.82, 2.24) is 0 Å². The molecule has 0 fully saturated rings. The molecule has 0 aromatic heterocycles. The van der Waals surface area contributed by atoms with Crippen LogP contribution in [0.2, 0.25) is 0 Å². The lowest BCUT2D eigenvalue weighted by molar-refractivity contribution is 1.28. The fourth-order valence-electron chi connectivity index (χ4n) is 9.57. The summed E-state index contributed by atoms with van der Waals surface area (Å²) in [7, 11) is 0. The normalized spacial score (nSPS) is 11.7. The van der Waals surface area contributed by atoms with Crippen LogP contribution in [0, 0.1) is 0 Å². The molecular formula is C58H37N. The van der Waals surface area contributed by atoms with E-state index in [0.717, 1.165) is 17.1 Å². The summed E-state index contributed by atoms with van der Waals surface area (Å²) in [6.07, 6.45) is 0. The van der Waals surface area contributed by atoms with E-state index in [1.165, 1.54) is 98.0 Å². The van der Waals surface area contributed by atoms with Gasteiger partial charge in [0.1, 0.15) is 0 Å². The third kappa shape index (κ3) is 5.47. The molecule has 12 rings (SSSR count). The molecule has 0 radical (unpaired) electrons. The topological polar surface area (TPSA) is 3.24 Å². The molecule has 0 amide bonds. The van der Waals surface area contributed by atoms with Crippen molar-refractivity contribution in [3.63, 3.8) is 0 Å². The van der Waals surface area contributed by atoms with Gasteiger partial charge < -0.3 is 4.90 Å². The first-order chi connectivity index (χ1) is 29.2. The van der Waals surface area contributed by atoms with Crippen LogP contribution in [0.3, 0.4) is 0 Å². The van der Waals surface area contributed by atoms with Crippen molar-refractivity contribution in [3.05, 3.63) is 224 Å². The maximum atomic E-state index is 2.44. The highest BCUT2D eigenvalue weighted by molar-refractivity contribution is 6.37. The largest absolute Gasteiger partial charge is 0.311 e. The first-order valence-corrected chi connectivity index (χ1v) is 20.4. The number of para-hydroxylation sites is 1. The molecule has 1 nitrogen and oxygen atoms in total. The maximum absolute atomic E-state index is 2.44. The lowest BCUT2D eigenvalue weighted by Gasteiger charge is -2.26. The molecule has 274 valence electrons. The summed E-state index contributed by atoms with van der Waals surface area (Å²) in [5.74, 6) is 0. The molecule has 12 aromatic rings. The van der Waals surface area contributed by atoms with Crippen molar-refractivity contribution in [2.45, 2.75) is 0 Å². The zero-order valence-corrected chi connectivity index (χ0v) is 32.3. The van der Waals surface area contributed by atoms with Gasteiger partial charge in [-0.15, -0.1) is 0 Å². The van der Waals surface area contributed by atoms with Crippen molar-refractivity contribution in [2.75, 3.05) is 4.90 Å². The van der Waals surface area contributed by atoms with Gasteiger partial charge in [0.15, 0.2) is 0 Å². The number of benzene rings is 11. The van der Waals surface area contributed by atoms with Gasteiger partial charge in [0, 0.05) is 17.1 Å². The fourth-order valence-corrected chi connectivity index (χ4v) is 9.57. The lowest BCUT2D eigenvalue weighted by atomic mass is 9.86. The molecule has 0 saturated heterocycles. The first-order valence-electron chi connectivity index (χ1n) is 20.4. The van der Waals surface area contributed by atoms with E-state index in [9.17, 15) is 0 Å². The monoisotopic (exact) mass is 747 g/mol. The average molecular weight is 748 g/mol. The van der Waals surface area contributed by atoms with Crippen LogP contribution in [0.15, 0.2) is 224 Å². The standard InChI is InChI=1S/C58H37N/c1-3-10-38(11-4-1)40-28-32-49(33-29-40)59(48-15-5-2-6-16-48)50-34-30-41(31-35-50)39-20-22-42(23-21-39)47-36-46-27-26-45-13-8-18-52-51-17-7-12-43-24-25-44-14-9-19-53(57(44)55(43)51)54(37-47)58(46)56(45)52/h1-37H. The maximum Gasteiger partial charge on any atom is 0.0462 e. The van der Waals surface area contributed by atoms with Crippen LogP contribution in [0.5, 0.6) is 0 Å². The van der Waals surface area contributed by atoms with Gasteiger partial charge in [0.25, 0.3) is 0 Å². The van der Waals surface area contributed by atoms with Gasteiger partial charge in [-0.25, -0.2) is 0 Å². The Kier molecular flexibility index (Phi) is 7.61. The van der Waals surface area contributed by atoms with E-state index in [-0.39, 0.29) is 0 Å². The molecule has 12 aromatic carbocycles. The van der Waals surface area contributed by atoms with Crippen molar-refractivity contribution in [1.29, 1.82) is 0 Å². The minimum atomic E-state index is 1.12. The van der Waals surface area contributed by atoms with Crippen molar-refractivity contribution >= 4 is 81.7 Å². The van der Waals surface area contributed by atoms with Gasteiger partial charge in [0.2, 0.25) is 0 Å². The number of hydrogen-bond acceptors (Lipinski definition) is 1. The molecule has 0 atom stereocenters. The molecule has 0 N–H and O–H groups in total. The van der Waals surface area contributed by atoms with Crippen LogP contribution < -0.4 is 4.90 Å². The van der Waals surface area contributed by atoms with E-state index in [4.69, 9.17) is 0 Å². The summed E-state index contributed by atoms with van der Waals surface area (Å²) in [6.45, 7) is 0. The molecule has 0 aliphatic rings. The molecule has 0 bridgehead atoms. The van der Waals surface area contributed by atoms with Crippen LogP contribution in [0.4, 0.5) is 17.1 Å². The summed E-state index contributed by atoms with van der Waals surface area (Å²) in [5.41, 5.74) is 10.6. The van der Waals surface area contributed by atoms with Crippen molar-refractivity contribution in [3.8, 4) is 33.4 Å². The molecule has 0 aliphatic carbocycles. The highest BCUT2D eigenvalue weighted by Gasteiger charge is 2.17. The van der Waals surface area contributed by atoms with Gasteiger partial charge in [-0.3, -0.25) is 0 Å². The van der Waals surface area contributed by atoms with Crippen LogP contribution in [-0.4, -0.2) is 0 Å². The van der Waals surface area contributed by atoms with E-state index in [2.05, 4.69) is 229 Å². The van der Waals surface area contributed by atoms with Gasteiger partial charge in [-0.05, 0) is 147 Å². The lowest BCUT2D eigenvalue weighted by Crippen LogP contribution is -2.09. The summed E-state index contributed by atoms with van der Waals surface area (Å²) in [6, 6.07) is 82.5. The van der Waals surface area contributed by atoms with E-state index >= 15 is 0 Å². The Bertz CT molecular complexity index is 3490. The summed E-state index contributed by atoms with van der Waals surface area (Å²) in [4.78, 5) is 2.32. The molecule has 0 spiro atoms. The predicted molar refractivity (Wildman–Crippen MR) is 254 cm³/mol. The van der Waals surface area contributed by atoms with E-state index in [1.54, 1.807) is 0 Å². The Hall–Kier alpha value is -7.74. The number of hydrogen-bond donors (Lipinski definition) is 0. The minimum absolute atomic E-state index is 1.12. The Labute approximate surface area is 343 Å². The number of anilines is 3. The van der Waals surface area contributed by atoms with Gasteiger partial charge in [-0.1, -0.05) is 176 Å². The second kappa shape index (κ2) is 13.4. The quantitative estimate of drug-likeness (QED) is 0.153. The number of rotatable bonds is 6. The summed E-state index contributed by atoms with van der Waals surface area (Å²) in [5, 5.41) is 15.6. The molecule has 0 unspecified atom stereocenters. The third-order valence-corrected chi connectivity index (χ3v) is 12.3. The number of nitrogens with zero attached hydrogens (tertiary/aromatic N) is 1. The molecular weight excluding hydrogens is 711 g/mol. The second-order valence-electron chi connectivity index (χ2n) is 15.7. The Morgan fingerprint density at radius 2 is 0.559 bits per heavy atom. The van der Waals surface area contributed by atoms with Crippen LogP contribution in [0.25, 0.3) is 98.0 Å². The van der Waals surface area contributed by atoms with Crippen LogP contribution in [0.1, 0.15) is 0 Å². The zero-order valence-electron chi connectivity index (χ0n) is 32.3. The van der Waals surface area contributed by atoms with E-state index in [0.29, 0.717) is 0 Å². The number of fused-ring (bicyclic) bond motifs is 2. The zero-order chi connectivity index (χ0) is 38.9. The SMILES string of the molecule is c1ccc(-c2ccc(N(c3ccccc3)c3ccc(-c4ccc(-c5cc6ccc7cccc8c9cccc%10ccc%11cccc(c(c5)c6c78)c%11c%109)cc4)cc3)cc2)cc1. The summed E-state index contributed by atoms with van der Waals surface area (Å²) >= 11 is 0. The molecule has 0 aliphatic heterocycles. The van der Waals surface area contributed by atoms with Gasteiger partial charge in [0.05, 0.1) is 0 Å². The predicted octanol–water partition coefficient (Wildman–Crippen LogP) is 16.5. The minimum Gasteiger partial charge on any atom is -0.311 e. The van der Waals surface area contributed by atoms with Gasteiger partial charge >= 0.3 is 0 Å². The smallest absolute Gasteiger partial charge is 0.0462 e. The highest BCUT2D eigenvalue weighted by atomic mass is 15.1.